The molecule has 9 aromatic rings. The number of hydrogen-bond acceptors (Lipinski definition) is 1. The molecule has 250 valence electrons. The van der Waals surface area contributed by atoms with E-state index in [1.807, 2.05) is 114 Å². The maximum absolute atomic E-state index is 9.41. The summed E-state index contributed by atoms with van der Waals surface area (Å²) in [6.45, 7) is 0. The van der Waals surface area contributed by atoms with Crippen LogP contribution in [0.3, 0.4) is 0 Å². The first kappa shape index (κ1) is 27.7. The largest absolute Gasteiger partial charge is 0.311 e. The molecule has 0 fully saturated rings. The monoisotopic (exact) mass is 679 g/mol. The highest BCUT2D eigenvalue weighted by Crippen LogP contribution is 2.38. The molecule has 0 aromatic heterocycles. The lowest BCUT2D eigenvalue weighted by atomic mass is 9.97. The van der Waals surface area contributed by atoms with E-state index >= 15 is 0 Å². The zero-order valence-corrected chi connectivity index (χ0v) is 29.0. The van der Waals surface area contributed by atoms with Gasteiger partial charge in [0.2, 0.25) is 0 Å². The van der Waals surface area contributed by atoms with E-state index in [0.29, 0.717) is 5.56 Å². The molecule has 9 aromatic carbocycles. The molecule has 9 rings (SSSR count). The Morgan fingerprint density at radius 1 is 0.245 bits per heavy atom. The maximum Gasteiger partial charge on any atom is 0.0645 e. The molecule has 0 spiro atoms. The molecule has 0 N–H and O–H groups in total. The van der Waals surface area contributed by atoms with Gasteiger partial charge in [-0.3, -0.25) is 0 Å². The minimum absolute atomic E-state index is 0.0912. The van der Waals surface area contributed by atoms with E-state index in [0.717, 1.165) is 55.9 Å². The SMILES string of the molecule is [2H]c1c([2H])c(N(c2ccc(-c3ccccc3)cc2)c2ccc(-c3cccc(-c4ccc5ccccc5c4)c3)cc2)c([2H])c([2H])c1-c1ccc(-c2ccccc2)cc1. The van der Waals surface area contributed by atoms with Crippen molar-refractivity contribution in [2.24, 2.45) is 0 Å². The molecule has 0 aliphatic carbocycles. The standard InChI is InChI=1S/C52H37N/c1-3-10-38(11-4-1)41-18-20-42(21-19-41)44-26-32-51(33-27-44)53(50-30-24-43(25-31-50)39-12-5-2-6-13-39)52-34-28-45(29-35-52)47-16-9-17-48(36-47)49-23-22-40-14-7-8-15-46(40)37-49/h1-37H/i26D,27D,32D,33D. The smallest absolute Gasteiger partial charge is 0.0645 e. The summed E-state index contributed by atoms with van der Waals surface area (Å²) in [6, 6.07) is 67.0. The van der Waals surface area contributed by atoms with Gasteiger partial charge in [-0.2, -0.15) is 0 Å². The first-order valence-electron chi connectivity index (χ1n) is 19.8. The van der Waals surface area contributed by atoms with Crippen molar-refractivity contribution in [2.75, 3.05) is 4.90 Å². The molecule has 0 heterocycles. The third-order valence-corrected chi connectivity index (χ3v) is 9.75. The molecule has 0 bridgehead atoms. The molecular formula is C52H37N. The molecule has 0 saturated heterocycles. The Hall–Kier alpha value is -6.96. The first-order chi connectivity index (χ1) is 27.9. The summed E-state index contributed by atoms with van der Waals surface area (Å²) in [6.07, 6.45) is 0. The van der Waals surface area contributed by atoms with Crippen LogP contribution in [0.5, 0.6) is 0 Å². The molecule has 53 heavy (non-hydrogen) atoms. The second-order valence-corrected chi connectivity index (χ2v) is 13.1. The molecule has 0 amide bonds. The minimum atomic E-state index is -0.113. The summed E-state index contributed by atoms with van der Waals surface area (Å²) in [4.78, 5) is 1.84. The van der Waals surface area contributed by atoms with E-state index in [-0.39, 0.29) is 35.4 Å². The van der Waals surface area contributed by atoms with Gasteiger partial charge in [0.05, 0.1) is 5.48 Å². The lowest BCUT2D eigenvalue weighted by Crippen LogP contribution is -2.09. The van der Waals surface area contributed by atoms with Crippen molar-refractivity contribution in [3.05, 3.63) is 224 Å². The van der Waals surface area contributed by atoms with Crippen LogP contribution in [0.1, 0.15) is 5.48 Å². The van der Waals surface area contributed by atoms with Crippen molar-refractivity contribution in [1.82, 2.24) is 0 Å². The maximum atomic E-state index is 9.41. The van der Waals surface area contributed by atoms with Gasteiger partial charge in [-0.05, 0) is 115 Å². The van der Waals surface area contributed by atoms with E-state index in [1.165, 1.54) is 10.8 Å². The van der Waals surface area contributed by atoms with E-state index in [9.17, 15) is 5.48 Å². The molecular weight excluding hydrogens is 639 g/mol. The summed E-state index contributed by atoms with van der Waals surface area (Å²) >= 11 is 0. The van der Waals surface area contributed by atoms with Crippen molar-refractivity contribution < 1.29 is 5.48 Å². The summed E-state index contributed by atoms with van der Waals surface area (Å²) in [5.41, 5.74) is 11.1. The van der Waals surface area contributed by atoms with Gasteiger partial charge < -0.3 is 4.90 Å². The van der Waals surface area contributed by atoms with E-state index < -0.39 is 0 Å². The topological polar surface area (TPSA) is 3.24 Å². The van der Waals surface area contributed by atoms with Crippen LogP contribution in [0.15, 0.2) is 224 Å². The Kier molecular flexibility index (Phi) is 7.50. The van der Waals surface area contributed by atoms with Gasteiger partial charge >= 0.3 is 0 Å². The predicted molar refractivity (Wildman–Crippen MR) is 226 cm³/mol. The van der Waals surface area contributed by atoms with E-state index in [1.54, 1.807) is 0 Å². The van der Waals surface area contributed by atoms with Gasteiger partial charge in [0, 0.05) is 17.1 Å². The highest BCUT2D eigenvalue weighted by atomic mass is 15.1. The highest BCUT2D eigenvalue weighted by molar-refractivity contribution is 5.88. The molecule has 0 radical (unpaired) electrons. The molecule has 1 nitrogen and oxygen atoms in total. The van der Waals surface area contributed by atoms with Crippen LogP contribution < -0.4 is 4.90 Å². The lowest BCUT2D eigenvalue weighted by Gasteiger charge is -2.26. The fourth-order valence-electron chi connectivity index (χ4n) is 6.91. The van der Waals surface area contributed by atoms with E-state index in [4.69, 9.17) is 0 Å². The molecule has 0 unspecified atom stereocenters. The summed E-state index contributed by atoms with van der Waals surface area (Å²) in [7, 11) is 0. The van der Waals surface area contributed by atoms with Crippen LogP contribution >= 0.6 is 0 Å². The van der Waals surface area contributed by atoms with Gasteiger partial charge in [-0.1, -0.05) is 176 Å². The van der Waals surface area contributed by atoms with Crippen LogP contribution in [-0.4, -0.2) is 0 Å². The van der Waals surface area contributed by atoms with Crippen LogP contribution in [0.4, 0.5) is 17.1 Å². The van der Waals surface area contributed by atoms with Gasteiger partial charge in [-0.25, -0.2) is 0 Å². The highest BCUT2D eigenvalue weighted by Gasteiger charge is 2.14. The van der Waals surface area contributed by atoms with Gasteiger partial charge in [0.15, 0.2) is 0 Å². The fourth-order valence-corrected chi connectivity index (χ4v) is 6.91. The van der Waals surface area contributed by atoms with Crippen LogP contribution in [0, 0.1) is 0 Å². The predicted octanol–water partition coefficient (Wildman–Crippen LogP) is 14.6. The number of benzene rings is 9. The number of hydrogen-bond donors (Lipinski definition) is 0. The summed E-state index contributed by atoms with van der Waals surface area (Å²) in [5.74, 6) is 0. The Labute approximate surface area is 317 Å². The van der Waals surface area contributed by atoms with Gasteiger partial charge in [-0.15, -0.1) is 0 Å². The third-order valence-electron chi connectivity index (χ3n) is 9.75. The molecule has 0 aliphatic rings. The molecule has 1 heteroatoms. The molecule has 0 saturated carbocycles. The normalized spacial score (nSPS) is 12.1. The number of fused-ring (bicyclic) bond motifs is 1. The van der Waals surface area contributed by atoms with Crippen molar-refractivity contribution in [3.8, 4) is 55.6 Å². The fraction of sp³-hybridized carbons (Fsp3) is 0. The second-order valence-electron chi connectivity index (χ2n) is 13.1. The quantitative estimate of drug-likeness (QED) is 0.154. The number of rotatable bonds is 8. The van der Waals surface area contributed by atoms with Crippen molar-refractivity contribution in [2.45, 2.75) is 0 Å². The van der Waals surface area contributed by atoms with Crippen molar-refractivity contribution >= 4 is 27.8 Å². The van der Waals surface area contributed by atoms with Crippen LogP contribution in [-0.2, 0) is 0 Å². The van der Waals surface area contributed by atoms with E-state index in [2.05, 4.69) is 91.0 Å². The van der Waals surface area contributed by atoms with Crippen molar-refractivity contribution in [1.29, 1.82) is 0 Å². The van der Waals surface area contributed by atoms with Crippen molar-refractivity contribution in [3.63, 3.8) is 0 Å². The Morgan fingerprint density at radius 3 is 1.19 bits per heavy atom. The summed E-state index contributed by atoms with van der Waals surface area (Å²) < 4.78 is 37.3. The second kappa shape index (κ2) is 14.3. The average Bonchev–Trinajstić information content (AvgIpc) is 3.28. The summed E-state index contributed by atoms with van der Waals surface area (Å²) in [5, 5.41) is 2.41. The Bertz CT molecular complexity index is 2820. The lowest BCUT2D eigenvalue weighted by molar-refractivity contribution is 1.28. The third kappa shape index (κ3) is 6.77. The van der Waals surface area contributed by atoms with Gasteiger partial charge in [0.25, 0.3) is 0 Å². The number of nitrogens with zero attached hydrogens (tertiary/aromatic N) is 1. The molecule has 0 aliphatic heterocycles. The number of anilines is 3. The zero-order chi connectivity index (χ0) is 38.9. The average molecular weight is 680 g/mol. The minimum Gasteiger partial charge on any atom is -0.311 e. The van der Waals surface area contributed by atoms with Gasteiger partial charge in [0.1, 0.15) is 0 Å². The first-order valence-corrected chi connectivity index (χ1v) is 17.8. The Balaban J connectivity index is 1.12. The zero-order valence-electron chi connectivity index (χ0n) is 33.0. The molecule has 0 atom stereocenters. The van der Waals surface area contributed by atoms with Crippen LogP contribution in [0.25, 0.3) is 66.4 Å². The Morgan fingerprint density at radius 2 is 0.623 bits per heavy atom. The van der Waals surface area contributed by atoms with Crippen LogP contribution in [0.2, 0.25) is 0 Å².